The topological polar surface area (TPSA) is 234 Å². The number of benzene rings is 3. The number of ether oxygens (including phenoxy) is 2. The van der Waals surface area contributed by atoms with Gasteiger partial charge in [-0.15, -0.1) is 0 Å². The largest absolute Gasteiger partial charge is 0.594 e. The lowest BCUT2D eigenvalue weighted by Crippen LogP contribution is -2.34. The van der Waals surface area contributed by atoms with Gasteiger partial charge in [0, 0.05) is 65.8 Å². The molecule has 9 rings (SSSR count). The van der Waals surface area contributed by atoms with Gasteiger partial charge >= 0.3 is 11.9 Å². The number of carbonyl (C=O) groups excluding carboxylic acids is 2. The molecule has 0 amide bonds. The Morgan fingerprint density at radius 3 is 1.35 bits per heavy atom. The summed E-state index contributed by atoms with van der Waals surface area (Å²) in [5.41, 5.74) is 11.3. The summed E-state index contributed by atoms with van der Waals surface area (Å²) < 4.78 is 10.5. The fraction of sp³-hybridized carbons (Fsp3) is 0.549. The van der Waals surface area contributed by atoms with Crippen LogP contribution in [0.15, 0.2) is 36.4 Å². The van der Waals surface area contributed by atoms with Crippen molar-refractivity contribution in [3.63, 3.8) is 0 Å². The number of aliphatic hydroxyl groups is 1. The van der Waals surface area contributed by atoms with Gasteiger partial charge in [-0.05, 0) is 176 Å². The van der Waals surface area contributed by atoms with Gasteiger partial charge in [0.2, 0.25) is 0 Å². The van der Waals surface area contributed by atoms with Crippen molar-refractivity contribution in [3.8, 4) is 0 Å². The lowest BCUT2D eigenvalue weighted by molar-refractivity contribution is -0.644. The monoisotopic (exact) mass is 947 g/mol. The fourth-order valence-corrected chi connectivity index (χ4v) is 8.87. The van der Waals surface area contributed by atoms with E-state index in [9.17, 15) is 25.2 Å². The van der Waals surface area contributed by atoms with Crippen LogP contribution < -0.4 is 14.5 Å². The Hall–Kier alpha value is -6.27. The van der Waals surface area contributed by atoms with Crippen LogP contribution >= 0.6 is 0 Å². The first kappa shape index (κ1) is 50.6. The molecule has 1 N–H and O–H groups in total. The summed E-state index contributed by atoms with van der Waals surface area (Å²) in [6.07, 6.45) is 14.2. The summed E-state index contributed by atoms with van der Waals surface area (Å²) in [5.74, 6) is 1.29. The van der Waals surface area contributed by atoms with Crippen LogP contribution in [0.2, 0.25) is 0 Å². The second kappa shape index (κ2) is 23.8. The van der Waals surface area contributed by atoms with Crippen molar-refractivity contribution in [2.45, 2.75) is 130 Å². The molecule has 0 bridgehead atoms. The van der Waals surface area contributed by atoms with Crippen LogP contribution in [-0.4, -0.2) is 92.7 Å². The molecular weight excluding hydrogens is 881 g/mol. The van der Waals surface area contributed by atoms with Crippen LogP contribution in [0.1, 0.15) is 123 Å². The third kappa shape index (κ3) is 13.5. The molecule has 0 saturated heterocycles. The van der Waals surface area contributed by atoms with Gasteiger partial charge in [0.25, 0.3) is 16.6 Å². The second-order valence-corrected chi connectivity index (χ2v) is 19.0. The summed E-state index contributed by atoms with van der Waals surface area (Å²) in [7, 11) is 3.96. The van der Waals surface area contributed by atoms with Crippen LogP contribution in [0.4, 0.5) is 0 Å². The van der Waals surface area contributed by atoms with Crippen LogP contribution in [0.25, 0.3) is 33.1 Å². The van der Waals surface area contributed by atoms with Gasteiger partial charge in [-0.1, -0.05) is 20.8 Å². The quantitative estimate of drug-likeness (QED) is 0.0562. The highest BCUT2D eigenvalue weighted by atomic mass is 16.5. The van der Waals surface area contributed by atoms with Gasteiger partial charge in [0.15, 0.2) is 17.5 Å². The minimum Gasteiger partial charge on any atom is -0.594 e. The summed E-state index contributed by atoms with van der Waals surface area (Å²) in [5, 5.41) is 57.0. The molecule has 6 aromatic rings. The van der Waals surface area contributed by atoms with E-state index in [1.807, 2.05) is 76.2 Å². The highest BCUT2D eigenvalue weighted by Gasteiger charge is 2.22. The minimum absolute atomic E-state index is 0.0877. The molecule has 18 nitrogen and oxygen atoms in total. The SMILES string of the molecule is CC(C)[C@@H](C)C(=O)OCCCc1nc2cc3c(cc2[n+]([O-])n1)CCC3.CN(C)CCCC(=O)OCCCc1nc2cc3c(cc2[n+]([O-])n1)CCC3.[O-][n+]1nc(CCCO)nc2cc3c(cc21)CCC3. The highest BCUT2D eigenvalue weighted by molar-refractivity contribution is 5.75. The minimum atomic E-state index is -0.180. The lowest BCUT2D eigenvalue weighted by Gasteiger charge is -2.14. The summed E-state index contributed by atoms with van der Waals surface area (Å²) >= 11 is 0. The highest BCUT2D eigenvalue weighted by Crippen LogP contribution is 2.27. The van der Waals surface area contributed by atoms with Crippen LogP contribution in [0.5, 0.6) is 0 Å². The van der Waals surface area contributed by atoms with Crippen molar-refractivity contribution in [3.05, 3.63) is 103 Å². The van der Waals surface area contributed by atoms with E-state index in [0.717, 1.165) is 70.8 Å². The number of hydrogen-bond donors (Lipinski definition) is 1. The van der Waals surface area contributed by atoms with Gasteiger partial charge in [-0.25, -0.2) is 15.0 Å². The fourth-order valence-electron chi connectivity index (χ4n) is 8.87. The summed E-state index contributed by atoms with van der Waals surface area (Å²) in [6.45, 7) is 7.47. The molecule has 1 atom stereocenters. The zero-order chi connectivity index (χ0) is 49.0. The van der Waals surface area contributed by atoms with E-state index in [4.69, 9.17) is 14.6 Å². The second-order valence-electron chi connectivity index (χ2n) is 19.0. The van der Waals surface area contributed by atoms with Crippen LogP contribution in [-0.2, 0) is 76.9 Å². The normalized spacial score (nSPS) is 14.0. The van der Waals surface area contributed by atoms with Gasteiger partial charge in [0.1, 0.15) is 16.6 Å². The number of fused-ring (bicyclic) bond motifs is 6. The van der Waals surface area contributed by atoms with Crippen LogP contribution in [0.3, 0.4) is 0 Å². The lowest BCUT2D eigenvalue weighted by atomic mass is 9.99. The van der Waals surface area contributed by atoms with Gasteiger partial charge in [-0.3, -0.25) is 9.59 Å². The maximum absolute atomic E-state index is 12.2. The molecular formula is C51H66N10O8. The van der Waals surface area contributed by atoms with E-state index in [1.54, 1.807) is 0 Å². The van der Waals surface area contributed by atoms with E-state index >= 15 is 0 Å². The van der Waals surface area contributed by atoms with Gasteiger partial charge in [-0.2, -0.15) is 0 Å². The smallest absolute Gasteiger partial charge is 0.308 e. The molecule has 0 aliphatic heterocycles. The third-order valence-electron chi connectivity index (χ3n) is 13.1. The molecule has 18 heteroatoms. The Bertz CT molecular complexity index is 2770. The van der Waals surface area contributed by atoms with Crippen molar-refractivity contribution < 1.29 is 38.7 Å². The first-order valence-electron chi connectivity index (χ1n) is 24.6. The summed E-state index contributed by atoms with van der Waals surface area (Å²) in [4.78, 5) is 41.0. The molecule has 69 heavy (non-hydrogen) atoms. The molecule has 0 fully saturated rings. The van der Waals surface area contributed by atoms with Gasteiger partial charge < -0.3 is 35.1 Å². The molecule has 3 aromatic heterocycles. The number of nitrogens with zero attached hydrogens (tertiary/aromatic N) is 10. The molecule has 3 aliphatic rings. The van der Waals surface area contributed by atoms with Crippen molar-refractivity contribution >= 4 is 45.0 Å². The molecule has 368 valence electrons. The predicted molar refractivity (Wildman–Crippen MR) is 257 cm³/mol. The van der Waals surface area contributed by atoms with Crippen molar-refractivity contribution in [2.24, 2.45) is 11.8 Å². The average molecular weight is 947 g/mol. The number of aliphatic hydroxyl groups excluding tert-OH is 1. The molecule has 3 aliphatic carbocycles. The Kier molecular flexibility index (Phi) is 17.5. The molecule has 3 aromatic carbocycles. The van der Waals surface area contributed by atoms with Crippen molar-refractivity contribution in [1.29, 1.82) is 0 Å². The zero-order valence-corrected chi connectivity index (χ0v) is 40.7. The van der Waals surface area contributed by atoms with E-state index in [2.05, 4.69) is 30.2 Å². The van der Waals surface area contributed by atoms with Crippen LogP contribution in [0, 0.1) is 27.5 Å². The third-order valence-corrected chi connectivity index (χ3v) is 13.1. The Morgan fingerprint density at radius 1 is 0.594 bits per heavy atom. The van der Waals surface area contributed by atoms with E-state index < -0.39 is 0 Å². The Morgan fingerprint density at radius 2 is 0.971 bits per heavy atom. The summed E-state index contributed by atoms with van der Waals surface area (Å²) in [6, 6.07) is 11.8. The van der Waals surface area contributed by atoms with Gasteiger partial charge in [0.05, 0.1) is 19.1 Å². The number of esters is 2. The van der Waals surface area contributed by atoms with E-state index in [-0.39, 0.29) is 30.4 Å². The average Bonchev–Trinajstić information content (AvgIpc) is 4.11. The Labute approximate surface area is 402 Å². The molecule has 0 spiro atoms. The maximum atomic E-state index is 12.2. The maximum Gasteiger partial charge on any atom is 0.308 e. The Balaban J connectivity index is 0.000000155. The standard InChI is InChI=1S/C19H26N4O3.C19H25N3O3.C13H15N3O2/c1-22(2)10-4-9-19(24)26-11-5-8-18-20-16-12-14-6-3-7-15(14)13-17(16)23(25)21-18;1-12(2)13(3)19(23)25-9-5-8-18-20-16-10-14-6-4-7-15(14)11-17(16)22(24)21-18;17-6-2-5-13-14-11-7-9-3-1-4-10(9)8-12(11)16(18)15-13/h12-13H,3-11H2,1-2H3;10-13H,4-9H2,1-3H3;7-8,17H,1-6H2/t;13-;/m.1./s1. The predicted octanol–water partition coefficient (Wildman–Crippen LogP) is 4.77. The van der Waals surface area contributed by atoms with E-state index in [1.165, 1.54) is 33.4 Å². The van der Waals surface area contributed by atoms with Crippen molar-refractivity contribution in [1.82, 2.24) is 35.1 Å². The number of aromatic nitrogens is 9. The zero-order valence-electron chi connectivity index (χ0n) is 40.7. The molecule has 0 unspecified atom stereocenters. The number of aryl methyl sites for hydroxylation is 9. The molecule has 3 heterocycles. The van der Waals surface area contributed by atoms with Crippen molar-refractivity contribution in [2.75, 3.05) is 40.5 Å². The number of hydrogen-bond acceptors (Lipinski definition) is 15. The van der Waals surface area contributed by atoms with E-state index in [0.29, 0.717) is 123 Å². The first-order chi connectivity index (χ1) is 33.3. The number of rotatable bonds is 17. The molecule has 0 radical (unpaired) electrons. The number of carbonyl (C=O) groups is 2. The first-order valence-corrected chi connectivity index (χ1v) is 24.6. The molecule has 0 saturated carbocycles.